The van der Waals surface area contributed by atoms with E-state index in [0.29, 0.717) is 11.5 Å². The SMILES string of the molecule is Cc1cccc(NC(=O)c2cnc(NCCCN(C)C)nc2)c1C. The van der Waals surface area contributed by atoms with Crippen LogP contribution in [0, 0.1) is 13.8 Å². The van der Waals surface area contributed by atoms with Gasteiger partial charge in [-0.3, -0.25) is 4.79 Å². The lowest BCUT2D eigenvalue weighted by molar-refractivity contribution is 0.102. The fraction of sp³-hybridized carbons (Fsp3) is 0.389. The first kappa shape index (κ1) is 17.9. The van der Waals surface area contributed by atoms with Gasteiger partial charge in [0, 0.05) is 24.6 Å². The van der Waals surface area contributed by atoms with Crippen molar-refractivity contribution in [1.29, 1.82) is 0 Å². The lowest BCUT2D eigenvalue weighted by Crippen LogP contribution is -2.17. The summed E-state index contributed by atoms with van der Waals surface area (Å²) >= 11 is 0. The van der Waals surface area contributed by atoms with Crippen LogP contribution in [0.1, 0.15) is 27.9 Å². The van der Waals surface area contributed by atoms with Gasteiger partial charge in [0.2, 0.25) is 5.95 Å². The second-order valence-electron chi connectivity index (χ2n) is 6.08. The normalized spacial score (nSPS) is 10.7. The Kier molecular flexibility index (Phi) is 6.26. The van der Waals surface area contributed by atoms with Crippen LogP contribution in [-0.2, 0) is 0 Å². The molecule has 0 spiro atoms. The van der Waals surface area contributed by atoms with E-state index in [0.717, 1.165) is 36.3 Å². The second-order valence-corrected chi connectivity index (χ2v) is 6.08. The highest BCUT2D eigenvalue weighted by molar-refractivity contribution is 6.04. The molecule has 0 aliphatic carbocycles. The Labute approximate surface area is 143 Å². The molecule has 24 heavy (non-hydrogen) atoms. The molecule has 1 amide bonds. The summed E-state index contributed by atoms with van der Waals surface area (Å²) in [5, 5.41) is 6.06. The second kappa shape index (κ2) is 8.40. The van der Waals surface area contributed by atoms with E-state index in [2.05, 4.69) is 25.5 Å². The van der Waals surface area contributed by atoms with Gasteiger partial charge >= 0.3 is 0 Å². The molecule has 0 bridgehead atoms. The van der Waals surface area contributed by atoms with E-state index in [-0.39, 0.29) is 5.91 Å². The molecule has 0 saturated carbocycles. The van der Waals surface area contributed by atoms with Gasteiger partial charge in [-0.2, -0.15) is 0 Å². The molecule has 0 atom stereocenters. The third kappa shape index (κ3) is 5.03. The molecule has 2 N–H and O–H groups in total. The van der Waals surface area contributed by atoms with Crippen LogP contribution in [0.2, 0.25) is 0 Å². The summed E-state index contributed by atoms with van der Waals surface area (Å²) < 4.78 is 0. The van der Waals surface area contributed by atoms with Crippen LogP contribution in [0.5, 0.6) is 0 Å². The lowest BCUT2D eigenvalue weighted by Gasteiger charge is -2.11. The first-order chi connectivity index (χ1) is 11.5. The Bertz CT molecular complexity index is 682. The molecular formula is C18H25N5O. The maximum Gasteiger partial charge on any atom is 0.258 e. The van der Waals surface area contributed by atoms with Gasteiger partial charge in [-0.15, -0.1) is 0 Å². The quantitative estimate of drug-likeness (QED) is 0.765. The molecule has 1 heterocycles. The third-order valence-electron chi connectivity index (χ3n) is 3.83. The third-order valence-corrected chi connectivity index (χ3v) is 3.83. The topological polar surface area (TPSA) is 70.2 Å². The van der Waals surface area contributed by atoms with Crippen LogP contribution in [-0.4, -0.2) is 48.0 Å². The summed E-state index contributed by atoms with van der Waals surface area (Å²) in [5.41, 5.74) is 3.45. The largest absolute Gasteiger partial charge is 0.354 e. The van der Waals surface area contributed by atoms with Crippen LogP contribution in [0.4, 0.5) is 11.6 Å². The molecule has 0 aliphatic rings. The number of amides is 1. The summed E-state index contributed by atoms with van der Waals surface area (Å²) in [7, 11) is 4.08. The summed E-state index contributed by atoms with van der Waals surface area (Å²) in [6.07, 6.45) is 4.09. The van der Waals surface area contributed by atoms with Gasteiger partial charge in [-0.1, -0.05) is 12.1 Å². The van der Waals surface area contributed by atoms with E-state index in [4.69, 9.17) is 0 Å². The van der Waals surface area contributed by atoms with Gasteiger partial charge in [0.25, 0.3) is 5.91 Å². The summed E-state index contributed by atoms with van der Waals surface area (Å²) in [6.45, 7) is 5.81. The van der Waals surface area contributed by atoms with E-state index in [1.807, 2.05) is 46.1 Å². The maximum absolute atomic E-state index is 12.3. The molecule has 2 rings (SSSR count). The molecule has 0 unspecified atom stereocenters. The Morgan fingerprint density at radius 2 is 1.88 bits per heavy atom. The molecule has 0 fully saturated rings. The standard InChI is InChI=1S/C18H25N5O/c1-13-7-5-8-16(14(13)2)22-17(24)15-11-20-18(21-12-15)19-9-6-10-23(3)4/h5,7-8,11-12H,6,9-10H2,1-4H3,(H,22,24)(H,19,20,21). The van der Waals surface area contributed by atoms with Crippen LogP contribution in [0.3, 0.4) is 0 Å². The van der Waals surface area contributed by atoms with Crippen molar-refractivity contribution in [3.8, 4) is 0 Å². The average Bonchev–Trinajstić information content (AvgIpc) is 2.56. The van der Waals surface area contributed by atoms with Crippen LogP contribution >= 0.6 is 0 Å². The molecule has 0 saturated heterocycles. The predicted molar refractivity (Wildman–Crippen MR) is 97.6 cm³/mol. The van der Waals surface area contributed by atoms with Crippen LogP contribution < -0.4 is 10.6 Å². The molecule has 0 aliphatic heterocycles. The van der Waals surface area contributed by atoms with Crippen molar-refractivity contribution in [3.05, 3.63) is 47.3 Å². The number of aromatic nitrogens is 2. The van der Waals surface area contributed by atoms with Gasteiger partial charge < -0.3 is 15.5 Å². The summed E-state index contributed by atoms with van der Waals surface area (Å²) in [5.74, 6) is 0.333. The Hall–Kier alpha value is -2.47. The minimum atomic E-state index is -0.206. The van der Waals surface area contributed by atoms with E-state index in [1.165, 1.54) is 0 Å². The lowest BCUT2D eigenvalue weighted by atomic mass is 10.1. The molecule has 2 aromatic rings. The number of nitrogens with one attached hydrogen (secondary N) is 2. The van der Waals surface area contributed by atoms with Gasteiger partial charge in [-0.05, 0) is 58.1 Å². The van der Waals surface area contributed by atoms with E-state index in [9.17, 15) is 4.79 Å². The number of anilines is 2. The number of carbonyl (C=O) groups excluding carboxylic acids is 1. The summed E-state index contributed by atoms with van der Waals surface area (Å²) in [6, 6.07) is 5.84. The number of benzene rings is 1. The zero-order valence-electron chi connectivity index (χ0n) is 14.8. The Balaban J connectivity index is 1.92. The van der Waals surface area contributed by atoms with Crippen molar-refractivity contribution in [2.45, 2.75) is 20.3 Å². The van der Waals surface area contributed by atoms with Gasteiger partial charge in [0.15, 0.2) is 0 Å². The summed E-state index contributed by atoms with van der Waals surface area (Å²) in [4.78, 5) is 22.8. The number of hydrogen-bond donors (Lipinski definition) is 2. The maximum atomic E-state index is 12.3. The van der Waals surface area contributed by atoms with Gasteiger partial charge in [0.1, 0.15) is 0 Å². The minimum absolute atomic E-state index is 0.206. The smallest absolute Gasteiger partial charge is 0.258 e. The highest BCUT2D eigenvalue weighted by Gasteiger charge is 2.09. The van der Waals surface area contributed by atoms with Crippen LogP contribution in [0.15, 0.2) is 30.6 Å². The van der Waals surface area contributed by atoms with Crippen molar-refractivity contribution >= 4 is 17.5 Å². The molecule has 6 heteroatoms. The Morgan fingerprint density at radius 3 is 2.54 bits per heavy atom. The monoisotopic (exact) mass is 327 g/mol. The highest BCUT2D eigenvalue weighted by Crippen LogP contribution is 2.18. The molecule has 128 valence electrons. The van der Waals surface area contributed by atoms with Crippen molar-refractivity contribution in [2.75, 3.05) is 37.8 Å². The van der Waals surface area contributed by atoms with Crippen LogP contribution in [0.25, 0.3) is 0 Å². The number of rotatable bonds is 7. The fourth-order valence-electron chi connectivity index (χ4n) is 2.21. The molecule has 0 radical (unpaired) electrons. The molecule has 1 aromatic heterocycles. The first-order valence-electron chi connectivity index (χ1n) is 8.05. The van der Waals surface area contributed by atoms with Crippen molar-refractivity contribution in [3.63, 3.8) is 0 Å². The fourth-order valence-corrected chi connectivity index (χ4v) is 2.21. The zero-order chi connectivity index (χ0) is 17.5. The first-order valence-corrected chi connectivity index (χ1v) is 8.05. The van der Waals surface area contributed by atoms with Crippen molar-refractivity contribution < 1.29 is 4.79 Å². The van der Waals surface area contributed by atoms with E-state index >= 15 is 0 Å². The number of nitrogens with zero attached hydrogens (tertiary/aromatic N) is 3. The van der Waals surface area contributed by atoms with Crippen molar-refractivity contribution in [2.24, 2.45) is 0 Å². The predicted octanol–water partition coefficient (Wildman–Crippen LogP) is 2.71. The van der Waals surface area contributed by atoms with E-state index < -0.39 is 0 Å². The number of carbonyl (C=O) groups is 1. The Morgan fingerprint density at radius 1 is 1.17 bits per heavy atom. The average molecular weight is 327 g/mol. The number of aryl methyl sites for hydroxylation is 1. The number of hydrogen-bond acceptors (Lipinski definition) is 5. The zero-order valence-corrected chi connectivity index (χ0v) is 14.8. The van der Waals surface area contributed by atoms with Gasteiger partial charge in [0.05, 0.1) is 5.56 Å². The molecule has 1 aromatic carbocycles. The molecular weight excluding hydrogens is 302 g/mol. The highest BCUT2D eigenvalue weighted by atomic mass is 16.1. The molecule has 6 nitrogen and oxygen atoms in total. The van der Waals surface area contributed by atoms with E-state index in [1.54, 1.807) is 12.4 Å². The van der Waals surface area contributed by atoms with Gasteiger partial charge in [-0.25, -0.2) is 9.97 Å². The minimum Gasteiger partial charge on any atom is -0.354 e. The van der Waals surface area contributed by atoms with Crippen molar-refractivity contribution in [1.82, 2.24) is 14.9 Å².